The highest BCUT2D eigenvalue weighted by Crippen LogP contribution is 2.08. The van der Waals surface area contributed by atoms with E-state index in [2.05, 4.69) is 6.92 Å². The van der Waals surface area contributed by atoms with Crippen molar-refractivity contribution in [2.45, 2.75) is 71.1 Å². The first-order chi connectivity index (χ1) is 7.31. The van der Waals surface area contributed by atoms with Crippen LogP contribution in [0.25, 0.3) is 0 Å². The second kappa shape index (κ2) is 11.7. The molecule has 0 saturated heterocycles. The van der Waals surface area contributed by atoms with Crippen LogP contribution in [-0.4, -0.2) is 17.5 Å². The summed E-state index contributed by atoms with van der Waals surface area (Å²) in [7, 11) is 0. The number of carbonyl (C=O) groups excluding carboxylic acids is 1. The number of Topliss-reactive ketones (excluding diaryl/α,β-unsaturated/α-hetero) is 1. The lowest BCUT2D eigenvalue weighted by Gasteiger charge is -2.01. The van der Waals surface area contributed by atoms with Gasteiger partial charge in [0.1, 0.15) is 5.78 Å². The van der Waals surface area contributed by atoms with E-state index in [1.54, 1.807) is 0 Å². The highest BCUT2D eigenvalue weighted by Gasteiger charge is 2.01. The van der Waals surface area contributed by atoms with E-state index in [9.17, 15) is 4.79 Å². The summed E-state index contributed by atoms with van der Waals surface area (Å²) in [6, 6.07) is 0. The number of ketones is 1. The molecule has 0 unspecified atom stereocenters. The number of aliphatic hydroxyl groups excluding tert-OH is 1. The molecule has 0 heterocycles. The zero-order valence-electron chi connectivity index (χ0n) is 10.1. The summed E-state index contributed by atoms with van der Waals surface area (Å²) < 4.78 is 0. The molecular weight excluding hydrogens is 188 g/mol. The summed E-state index contributed by atoms with van der Waals surface area (Å²) in [4.78, 5) is 11.4. The van der Waals surface area contributed by atoms with Crippen LogP contribution in [0.5, 0.6) is 0 Å². The fourth-order valence-corrected chi connectivity index (χ4v) is 1.66. The first-order valence-corrected chi connectivity index (χ1v) is 6.43. The van der Waals surface area contributed by atoms with E-state index >= 15 is 0 Å². The topological polar surface area (TPSA) is 37.3 Å². The molecule has 0 aliphatic carbocycles. The molecule has 0 spiro atoms. The number of carbonyl (C=O) groups is 1. The second-order valence-electron chi connectivity index (χ2n) is 4.24. The molecule has 0 radical (unpaired) electrons. The summed E-state index contributed by atoms with van der Waals surface area (Å²) in [6.45, 7) is 2.46. The predicted octanol–water partition coefficient (Wildman–Crippen LogP) is 3.47. The third kappa shape index (κ3) is 11.6. The Hall–Kier alpha value is -0.370. The molecule has 0 aromatic rings. The van der Waals surface area contributed by atoms with Crippen LogP contribution >= 0.6 is 0 Å². The number of aliphatic hydroxyl groups is 1. The summed E-state index contributed by atoms with van der Waals surface area (Å²) in [5.74, 6) is 0.407. The van der Waals surface area contributed by atoms with Crippen molar-refractivity contribution in [2.75, 3.05) is 6.61 Å². The van der Waals surface area contributed by atoms with Gasteiger partial charge in [-0.1, -0.05) is 39.0 Å². The van der Waals surface area contributed by atoms with Crippen LogP contribution in [-0.2, 0) is 4.79 Å². The number of hydrogen-bond acceptors (Lipinski definition) is 2. The molecular formula is C13H26O2. The van der Waals surface area contributed by atoms with Gasteiger partial charge in [-0.05, 0) is 19.3 Å². The molecule has 0 aliphatic rings. The van der Waals surface area contributed by atoms with Crippen molar-refractivity contribution in [3.63, 3.8) is 0 Å². The Balaban J connectivity index is 3.11. The first-order valence-electron chi connectivity index (χ1n) is 6.43. The molecule has 0 aromatic carbocycles. The Labute approximate surface area is 94.1 Å². The smallest absolute Gasteiger partial charge is 0.132 e. The minimum absolute atomic E-state index is 0.255. The summed E-state index contributed by atoms with van der Waals surface area (Å²) in [6.07, 6.45) is 10.4. The summed E-state index contributed by atoms with van der Waals surface area (Å²) in [5.41, 5.74) is 0. The molecule has 0 aliphatic heterocycles. The Morgan fingerprint density at radius 1 is 0.867 bits per heavy atom. The van der Waals surface area contributed by atoms with E-state index in [0.717, 1.165) is 32.1 Å². The fraction of sp³-hybridized carbons (Fsp3) is 0.923. The van der Waals surface area contributed by atoms with Gasteiger partial charge in [-0.3, -0.25) is 4.79 Å². The average Bonchev–Trinajstić information content (AvgIpc) is 2.24. The van der Waals surface area contributed by atoms with E-state index in [-0.39, 0.29) is 6.61 Å². The van der Waals surface area contributed by atoms with Crippen molar-refractivity contribution in [2.24, 2.45) is 0 Å². The van der Waals surface area contributed by atoms with Gasteiger partial charge >= 0.3 is 0 Å². The fourth-order valence-electron chi connectivity index (χ4n) is 1.66. The zero-order valence-corrected chi connectivity index (χ0v) is 10.1. The lowest BCUT2D eigenvalue weighted by molar-refractivity contribution is -0.119. The molecule has 0 amide bonds. The van der Waals surface area contributed by atoms with Gasteiger partial charge in [0, 0.05) is 19.4 Å². The van der Waals surface area contributed by atoms with Crippen LogP contribution in [0.1, 0.15) is 71.1 Å². The van der Waals surface area contributed by atoms with Gasteiger partial charge in [0.15, 0.2) is 0 Å². The van der Waals surface area contributed by atoms with Gasteiger partial charge in [-0.2, -0.15) is 0 Å². The third-order valence-corrected chi connectivity index (χ3v) is 2.67. The molecule has 90 valence electrons. The quantitative estimate of drug-likeness (QED) is 0.535. The highest BCUT2D eigenvalue weighted by atomic mass is 16.2. The molecule has 2 nitrogen and oxygen atoms in total. The molecule has 0 atom stereocenters. The summed E-state index contributed by atoms with van der Waals surface area (Å²) in [5, 5.41) is 8.57. The van der Waals surface area contributed by atoms with Crippen LogP contribution in [0.3, 0.4) is 0 Å². The van der Waals surface area contributed by atoms with Crippen LogP contribution in [0, 0.1) is 0 Å². The molecule has 0 saturated carbocycles. The van der Waals surface area contributed by atoms with E-state index in [4.69, 9.17) is 5.11 Å². The minimum Gasteiger partial charge on any atom is -0.396 e. The molecule has 1 N–H and O–H groups in total. The Bertz CT molecular complexity index is 143. The molecule has 0 aromatic heterocycles. The standard InChI is InChI=1S/C13H26O2/c1-2-3-4-5-7-10-13(15)11-8-6-9-12-14/h14H,2-12H2,1H3. The normalized spacial score (nSPS) is 10.5. The van der Waals surface area contributed by atoms with Crippen molar-refractivity contribution in [1.82, 2.24) is 0 Å². The molecule has 15 heavy (non-hydrogen) atoms. The minimum atomic E-state index is 0.255. The van der Waals surface area contributed by atoms with Crippen molar-refractivity contribution in [3.8, 4) is 0 Å². The first kappa shape index (κ1) is 14.6. The van der Waals surface area contributed by atoms with Crippen molar-refractivity contribution >= 4 is 5.78 Å². The SMILES string of the molecule is CCCCCCCC(=O)CCCCCO. The maximum Gasteiger partial charge on any atom is 0.132 e. The number of rotatable bonds is 11. The van der Waals surface area contributed by atoms with Crippen molar-refractivity contribution in [1.29, 1.82) is 0 Å². The van der Waals surface area contributed by atoms with E-state index < -0.39 is 0 Å². The zero-order chi connectivity index (χ0) is 11.4. The second-order valence-corrected chi connectivity index (χ2v) is 4.24. The van der Waals surface area contributed by atoms with E-state index in [1.807, 2.05) is 0 Å². The maximum absolute atomic E-state index is 11.4. The lowest BCUT2D eigenvalue weighted by atomic mass is 10.0. The largest absolute Gasteiger partial charge is 0.396 e. The van der Waals surface area contributed by atoms with Crippen molar-refractivity contribution < 1.29 is 9.90 Å². The monoisotopic (exact) mass is 214 g/mol. The molecule has 0 bridgehead atoms. The number of unbranched alkanes of at least 4 members (excludes halogenated alkanes) is 6. The average molecular weight is 214 g/mol. The van der Waals surface area contributed by atoms with Gasteiger partial charge in [-0.15, -0.1) is 0 Å². The molecule has 0 rings (SSSR count). The Kier molecular flexibility index (Phi) is 11.4. The maximum atomic E-state index is 11.4. The lowest BCUT2D eigenvalue weighted by Crippen LogP contribution is -1.98. The van der Waals surface area contributed by atoms with Gasteiger partial charge in [0.05, 0.1) is 0 Å². The van der Waals surface area contributed by atoms with Crippen LogP contribution in [0.15, 0.2) is 0 Å². The van der Waals surface area contributed by atoms with E-state index in [1.165, 1.54) is 25.7 Å². The van der Waals surface area contributed by atoms with E-state index in [0.29, 0.717) is 12.2 Å². The molecule has 0 fully saturated rings. The summed E-state index contributed by atoms with van der Waals surface area (Å²) >= 11 is 0. The van der Waals surface area contributed by atoms with Gasteiger partial charge in [0.2, 0.25) is 0 Å². The Morgan fingerprint density at radius 2 is 1.40 bits per heavy atom. The van der Waals surface area contributed by atoms with Crippen molar-refractivity contribution in [3.05, 3.63) is 0 Å². The van der Waals surface area contributed by atoms with Crippen LogP contribution in [0.4, 0.5) is 0 Å². The Morgan fingerprint density at radius 3 is 1.93 bits per heavy atom. The van der Waals surface area contributed by atoms with Gasteiger partial charge < -0.3 is 5.11 Å². The molecule has 2 heteroatoms. The number of hydrogen-bond donors (Lipinski definition) is 1. The van der Waals surface area contributed by atoms with Crippen LogP contribution < -0.4 is 0 Å². The van der Waals surface area contributed by atoms with Gasteiger partial charge in [-0.25, -0.2) is 0 Å². The highest BCUT2D eigenvalue weighted by molar-refractivity contribution is 5.78. The third-order valence-electron chi connectivity index (χ3n) is 2.67. The predicted molar refractivity (Wildman–Crippen MR) is 63.9 cm³/mol. The van der Waals surface area contributed by atoms with Gasteiger partial charge in [0.25, 0.3) is 0 Å². The van der Waals surface area contributed by atoms with Crippen LogP contribution in [0.2, 0.25) is 0 Å².